The van der Waals surface area contributed by atoms with Crippen molar-refractivity contribution in [2.75, 3.05) is 13.2 Å². The lowest BCUT2D eigenvalue weighted by Crippen LogP contribution is -2.47. The van der Waals surface area contributed by atoms with E-state index in [0.717, 1.165) is 17.3 Å². The zero-order valence-electron chi connectivity index (χ0n) is 13.0. The molecule has 4 rings (SSSR count). The standard InChI is InChI=1S/C18H22N2O2/c1-11-5-12(2)18(9-21)7-15(11)17(22-10-18)13-3-4-16-14(6-13)8-19-20-16/h3-6,8,12,15,17,21H,7,9-10H2,1-2H3,(H,19,20). The molecule has 1 aromatic carbocycles. The van der Waals surface area contributed by atoms with Gasteiger partial charge in [-0.1, -0.05) is 24.6 Å². The lowest BCUT2D eigenvalue weighted by molar-refractivity contribution is -0.130. The van der Waals surface area contributed by atoms with E-state index < -0.39 is 0 Å². The SMILES string of the molecule is CC1=CC(C)C2(CO)COC(c3ccc4[nH]ncc4c3)C1C2. The smallest absolute Gasteiger partial charge is 0.0890 e. The highest BCUT2D eigenvalue weighted by Crippen LogP contribution is 2.52. The molecule has 1 aromatic heterocycles. The van der Waals surface area contributed by atoms with Crippen LogP contribution in [0, 0.1) is 17.3 Å². The first-order valence-electron chi connectivity index (χ1n) is 7.97. The van der Waals surface area contributed by atoms with Gasteiger partial charge in [0, 0.05) is 16.7 Å². The fraction of sp³-hybridized carbons (Fsp3) is 0.500. The molecule has 2 heterocycles. The van der Waals surface area contributed by atoms with Crippen molar-refractivity contribution in [1.82, 2.24) is 10.2 Å². The molecular weight excluding hydrogens is 276 g/mol. The fourth-order valence-electron chi connectivity index (χ4n) is 4.11. The Kier molecular flexibility index (Phi) is 3.13. The predicted octanol–water partition coefficient (Wildman–Crippen LogP) is 3.22. The van der Waals surface area contributed by atoms with E-state index in [2.05, 4.69) is 48.3 Å². The second-order valence-corrected chi connectivity index (χ2v) is 6.98. The molecule has 0 amide bonds. The molecule has 1 fully saturated rings. The summed E-state index contributed by atoms with van der Waals surface area (Å²) in [5, 5.41) is 18.1. The molecule has 0 radical (unpaired) electrons. The molecule has 22 heavy (non-hydrogen) atoms. The molecule has 1 saturated heterocycles. The maximum atomic E-state index is 9.90. The van der Waals surface area contributed by atoms with Crippen LogP contribution in [0.25, 0.3) is 10.9 Å². The van der Waals surface area contributed by atoms with Crippen LogP contribution in [0.1, 0.15) is 31.9 Å². The van der Waals surface area contributed by atoms with Crippen molar-refractivity contribution in [3.05, 3.63) is 41.6 Å². The van der Waals surface area contributed by atoms with Crippen molar-refractivity contribution in [3.63, 3.8) is 0 Å². The molecule has 2 N–H and O–H groups in total. The van der Waals surface area contributed by atoms with E-state index in [1.54, 1.807) is 0 Å². The zero-order chi connectivity index (χ0) is 15.3. The molecule has 4 atom stereocenters. The van der Waals surface area contributed by atoms with Crippen molar-refractivity contribution in [2.45, 2.75) is 26.4 Å². The number of nitrogens with zero attached hydrogens (tertiary/aromatic N) is 1. The second-order valence-electron chi connectivity index (χ2n) is 6.98. The van der Waals surface area contributed by atoms with E-state index in [1.807, 2.05) is 6.20 Å². The maximum absolute atomic E-state index is 9.90. The summed E-state index contributed by atoms with van der Waals surface area (Å²) in [6.45, 7) is 5.21. The van der Waals surface area contributed by atoms with E-state index in [1.165, 1.54) is 11.1 Å². The van der Waals surface area contributed by atoms with E-state index in [0.29, 0.717) is 18.4 Å². The number of H-pyrrole nitrogens is 1. The van der Waals surface area contributed by atoms with Gasteiger partial charge in [0.1, 0.15) is 0 Å². The largest absolute Gasteiger partial charge is 0.396 e. The van der Waals surface area contributed by atoms with Crippen molar-refractivity contribution in [2.24, 2.45) is 17.3 Å². The highest BCUT2D eigenvalue weighted by atomic mass is 16.5. The first kappa shape index (κ1) is 14.0. The first-order valence-corrected chi connectivity index (χ1v) is 7.97. The van der Waals surface area contributed by atoms with E-state index in [9.17, 15) is 5.11 Å². The minimum absolute atomic E-state index is 0.0720. The number of hydrogen-bond donors (Lipinski definition) is 2. The fourth-order valence-corrected chi connectivity index (χ4v) is 4.11. The van der Waals surface area contributed by atoms with E-state index >= 15 is 0 Å². The Bertz CT molecular complexity index is 736. The number of rotatable bonds is 2. The first-order chi connectivity index (χ1) is 10.6. The lowest BCUT2D eigenvalue weighted by Gasteiger charge is -2.50. The normalized spacial score (nSPS) is 34.7. The van der Waals surface area contributed by atoms with Crippen LogP contribution in [0.3, 0.4) is 0 Å². The van der Waals surface area contributed by atoms with Crippen LogP contribution < -0.4 is 0 Å². The van der Waals surface area contributed by atoms with Crippen molar-refractivity contribution >= 4 is 10.9 Å². The third-order valence-electron chi connectivity index (χ3n) is 5.71. The third kappa shape index (κ3) is 1.94. The highest BCUT2D eigenvalue weighted by Gasteiger charge is 2.48. The third-order valence-corrected chi connectivity index (χ3v) is 5.71. The number of aliphatic hydroxyl groups excluding tert-OH is 1. The van der Waals surface area contributed by atoms with Crippen LogP contribution in [0.2, 0.25) is 0 Å². The minimum Gasteiger partial charge on any atom is -0.396 e. The van der Waals surface area contributed by atoms with E-state index in [4.69, 9.17) is 4.74 Å². The summed E-state index contributed by atoms with van der Waals surface area (Å²) >= 11 is 0. The molecule has 4 heteroatoms. The quantitative estimate of drug-likeness (QED) is 0.837. The van der Waals surface area contributed by atoms with Gasteiger partial charge >= 0.3 is 0 Å². The molecular formula is C18H22N2O2. The molecule has 0 spiro atoms. The molecule has 116 valence electrons. The molecule has 1 aliphatic heterocycles. The number of nitrogens with one attached hydrogen (secondary N) is 1. The predicted molar refractivity (Wildman–Crippen MR) is 85.3 cm³/mol. The number of benzene rings is 1. The Hall–Kier alpha value is -1.65. The Balaban J connectivity index is 1.73. The van der Waals surface area contributed by atoms with Crippen molar-refractivity contribution in [3.8, 4) is 0 Å². The van der Waals surface area contributed by atoms with Gasteiger partial charge < -0.3 is 9.84 Å². The average Bonchev–Trinajstić information content (AvgIpc) is 3.00. The number of allylic oxidation sites excluding steroid dienone is 1. The van der Waals surface area contributed by atoms with Gasteiger partial charge in [0.05, 0.1) is 31.0 Å². The van der Waals surface area contributed by atoms with Gasteiger partial charge in [-0.2, -0.15) is 5.10 Å². The van der Waals surface area contributed by atoms with E-state index in [-0.39, 0.29) is 18.1 Å². The van der Waals surface area contributed by atoms with Gasteiger partial charge in [0.25, 0.3) is 0 Å². The number of aromatic nitrogens is 2. The van der Waals surface area contributed by atoms with Gasteiger partial charge in [-0.05, 0) is 37.0 Å². The molecule has 1 aliphatic carbocycles. The molecule has 4 nitrogen and oxygen atoms in total. The average molecular weight is 298 g/mol. The Morgan fingerprint density at radius 3 is 3.14 bits per heavy atom. The Morgan fingerprint density at radius 1 is 1.45 bits per heavy atom. The van der Waals surface area contributed by atoms with Crippen LogP contribution in [0.15, 0.2) is 36.0 Å². The summed E-state index contributed by atoms with van der Waals surface area (Å²) in [6, 6.07) is 6.36. The highest BCUT2D eigenvalue weighted by molar-refractivity contribution is 5.78. The molecule has 0 saturated carbocycles. The van der Waals surface area contributed by atoms with Crippen LogP contribution in [0.5, 0.6) is 0 Å². The summed E-state index contributed by atoms with van der Waals surface area (Å²) in [4.78, 5) is 0. The second kappa shape index (κ2) is 4.93. The molecule has 2 aromatic rings. The van der Waals surface area contributed by atoms with Crippen LogP contribution in [0.4, 0.5) is 0 Å². The van der Waals surface area contributed by atoms with Gasteiger partial charge in [-0.15, -0.1) is 0 Å². The minimum atomic E-state index is -0.111. The lowest BCUT2D eigenvalue weighted by atomic mass is 9.62. The Labute approximate surface area is 130 Å². The van der Waals surface area contributed by atoms with Crippen LogP contribution in [-0.2, 0) is 4.74 Å². The monoisotopic (exact) mass is 298 g/mol. The van der Waals surface area contributed by atoms with Gasteiger partial charge in [-0.25, -0.2) is 0 Å². The summed E-state index contributed by atoms with van der Waals surface area (Å²) in [5.74, 6) is 0.715. The number of hydrogen-bond acceptors (Lipinski definition) is 3. The number of aromatic amines is 1. The van der Waals surface area contributed by atoms with Gasteiger partial charge in [0.2, 0.25) is 0 Å². The number of fused-ring (bicyclic) bond motifs is 3. The Morgan fingerprint density at radius 2 is 2.32 bits per heavy atom. The van der Waals surface area contributed by atoms with Crippen LogP contribution in [-0.4, -0.2) is 28.5 Å². The molecule has 4 unspecified atom stereocenters. The maximum Gasteiger partial charge on any atom is 0.0890 e. The molecule has 2 aliphatic rings. The van der Waals surface area contributed by atoms with Crippen LogP contribution >= 0.6 is 0 Å². The van der Waals surface area contributed by atoms with Gasteiger partial charge in [0.15, 0.2) is 0 Å². The summed E-state index contributed by atoms with van der Waals surface area (Å²) in [5.41, 5.74) is 3.52. The van der Waals surface area contributed by atoms with Gasteiger partial charge in [-0.3, -0.25) is 5.10 Å². The van der Waals surface area contributed by atoms with Crippen molar-refractivity contribution < 1.29 is 9.84 Å². The number of ether oxygens (including phenoxy) is 1. The number of aliphatic hydroxyl groups is 1. The zero-order valence-corrected chi connectivity index (χ0v) is 13.0. The molecule has 2 bridgehead atoms. The van der Waals surface area contributed by atoms with Crippen molar-refractivity contribution in [1.29, 1.82) is 0 Å². The topological polar surface area (TPSA) is 58.1 Å². The summed E-state index contributed by atoms with van der Waals surface area (Å²) in [7, 11) is 0. The summed E-state index contributed by atoms with van der Waals surface area (Å²) in [6.07, 6.45) is 5.26. The summed E-state index contributed by atoms with van der Waals surface area (Å²) < 4.78 is 6.26.